The lowest BCUT2D eigenvalue weighted by molar-refractivity contribution is 0.304. The van der Waals surface area contributed by atoms with Crippen LogP contribution >= 0.6 is 11.8 Å². The van der Waals surface area contributed by atoms with E-state index in [9.17, 15) is 4.79 Å². The molecule has 1 aliphatic carbocycles. The van der Waals surface area contributed by atoms with Crippen molar-refractivity contribution < 1.29 is 5.21 Å². The predicted molar refractivity (Wildman–Crippen MR) is 82.9 cm³/mol. The second kappa shape index (κ2) is 6.55. The summed E-state index contributed by atoms with van der Waals surface area (Å²) in [5.74, 6) is 1.17. The molecule has 21 heavy (non-hydrogen) atoms. The number of thioether (sulfide) groups is 1. The summed E-state index contributed by atoms with van der Waals surface area (Å²) in [4.78, 5) is 11.6. The van der Waals surface area contributed by atoms with Gasteiger partial charge in [-0.25, -0.2) is 9.89 Å². The molecule has 1 fully saturated rings. The third kappa shape index (κ3) is 4.03. The Morgan fingerprint density at radius 2 is 2.29 bits per heavy atom. The Bertz CT molecular complexity index is 559. The smallest absolute Gasteiger partial charge is 0.344 e. The highest BCUT2D eigenvalue weighted by Gasteiger charge is 2.28. The minimum atomic E-state index is -0.290. The number of nitrogens with zero attached hydrogens (tertiary/aromatic N) is 3. The molecule has 0 aromatic carbocycles. The van der Waals surface area contributed by atoms with E-state index in [1.807, 2.05) is 13.8 Å². The Morgan fingerprint density at radius 1 is 1.57 bits per heavy atom. The van der Waals surface area contributed by atoms with Crippen LogP contribution in [0.5, 0.6) is 0 Å². The number of aromatic nitrogens is 3. The molecule has 118 valence electrons. The molecule has 1 aromatic heterocycles. The van der Waals surface area contributed by atoms with Gasteiger partial charge in [-0.3, -0.25) is 4.57 Å². The van der Waals surface area contributed by atoms with E-state index >= 15 is 0 Å². The number of oxime groups is 1. The molecular formula is C13H23N5O2S. The lowest BCUT2D eigenvalue weighted by atomic mass is 9.86. The van der Waals surface area contributed by atoms with Gasteiger partial charge in [0.25, 0.3) is 0 Å². The van der Waals surface area contributed by atoms with Crippen molar-refractivity contribution in [3.8, 4) is 0 Å². The van der Waals surface area contributed by atoms with Crippen LogP contribution in [0.3, 0.4) is 0 Å². The van der Waals surface area contributed by atoms with Gasteiger partial charge in [-0.05, 0) is 25.7 Å². The summed E-state index contributed by atoms with van der Waals surface area (Å²) in [5, 5.41) is 19.2. The number of unbranched alkanes of at least 4 members (excludes halogenated alkanes) is 1. The number of H-pyrrole nitrogens is 1. The van der Waals surface area contributed by atoms with E-state index in [-0.39, 0.29) is 16.9 Å². The van der Waals surface area contributed by atoms with Crippen LogP contribution in [0.2, 0.25) is 0 Å². The van der Waals surface area contributed by atoms with Gasteiger partial charge in [0.2, 0.25) is 0 Å². The quantitative estimate of drug-likeness (QED) is 0.170. The molecule has 1 aliphatic rings. The van der Waals surface area contributed by atoms with E-state index in [0.29, 0.717) is 6.04 Å². The van der Waals surface area contributed by atoms with Gasteiger partial charge in [0.05, 0.1) is 0 Å². The molecule has 0 saturated heterocycles. The van der Waals surface area contributed by atoms with Crippen molar-refractivity contribution in [3.05, 3.63) is 10.5 Å². The third-order valence-corrected chi connectivity index (χ3v) is 4.85. The molecule has 8 heteroatoms. The maximum absolute atomic E-state index is 11.6. The Labute approximate surface area is 128 Å². The van der Waals surface area contributed by atoms with Gasteiger partial charge in [-0.2, -0.15) is 0 Å². The molecule has 1 aromatic rings. The number of amidine groups is 1. The Hall–Kier alpha value is -1.44. The first-order chi connectivity index (χ1) is 9.95. The Balaban J connectivity index is 1.74. The second-order valence-corrected chi connectivity index (χ2v) is 7.15. The van der Waals surface area contributed by atoms with Gasteiger partial charge in [-0.15, -0.1) is 5.10 Å². The minimum Gasteiger partial charge on any atom is -0.409 e. The molecule has 0 atom stereocenters. The topological polar surface area (TPSA) is 109 Å². The molecule has 0 bridgehead atoms. The van der Waals surface area contributed by atoms with Crippen molar-refractivity contribution >= 4 is 17.6 Å². The maximum Gasteiger partial charge on any atom is 0.344 e. The summed E-state index contributed by atoms with van der Waals surface area (Å²) in [6.07, 6.45) is 4.98. The standard InChI is InChI=1S/C13H23N5O2S/c1-13(2,10(14)17-20)7-3-4-8-21-12-16-15-11(19)18(12)9-5-6-9/h9,20H,3-8H2,1-2H3,(H2,14,17)(H,15,19). The van der Waals surface area contributed by atoms with E-state index in [4.69, 9.17) is 10.9 Å². The van der Waals surface area contributed by atoms with Crippen molar-refractivity contribution in [2.24, 2.45) is 16.3 Å². The Morgan fingerprint density at radius 3 is 2.90 bits per heavy atom. The first-order valence-electron chi connectivity index (χ1n) is 7.23. The number of aromatic amines is 1. The summed E-state index contributed by atoms with van der Waals surface area (Å²) < 4.78 is 1.77. The van der Waals surface area contributed by atoms with Crippen LogP contribution in [0.4, 0.5) is 0 Å². The highest BCUT2D eigenvalue weighted by Crippen LogP contribution is 2.36. The van der Waals surface area contributed by atoms with E-state index in [1.165, 1.54) is 0 Å². The molecule has 0 unspecified atom stereocenters. The first kappa shape index (κ1) is 15.9. The first-order valence-corrected chi connectivity index (χ1v) is 8.22. The van der Waals surface area contributed by atoms with Crippen LogP contribution in [0.1, 0.15) is 52.0 Å². The van der Waals surface area contributed by atoms with E-state index in [0.717, 1.165) is 43.0 Å². The predicted octanol–water partition coefficient (Wildman–Crippen LogP) is 1.94. The summed E-state index contributed by atoms with van der Waals surface area (Å²) in [7, 11) is 0. The van der Waals surface area contributed by atoms with E-state index in [1.54, 1.807) is 16.3 Å². The number of hydrogen-bond acceptors (Lipinski definition) is 5. The zero-order valence-corrected chi connectivity index (χ0v) is 13.3. The molecule has 0 radical (unpaired) electrons. The number of nitrogens with one attached hydrogen (secondary N) is 1. The fraction of sp³-hybridized carbons (Fsp3) is 0.769. The molecule has 2 rings (SSSR count). The van der Waals surface area contributed by atoms with Gasteiger partial charge in [0.15, 0.2) is 5.16 Å². The zero-order valence-electron chi connectivity index (χ0n) is 12.5. The largest absolute Gasteiger partial charge is 0.409 e. The van der Waals surface area contributed by atoms with Gasteiger partial charge in [-0.1, -0.05) is 37.2 Å². The highest BCUT2D eigenvalue weighted by molar-refractivity contribution is 7.99. The molecule has 1 saturated carbocycles. The molecule has 7 nitrogen and oxygen atoms in total. The normalized spacial score (nSPS) is 16.4. The summed E-state index contributed by atoms with van der Waals surface area (Å²) in [6, 6.07) is 0.346. The van der Waals surface area contributed by atoms with E-state index < -0.39 is 0 Å². The van der Waals surface area contributed by atoms with Crippen molar-refractivity contribution in [1.29, 1.82) is 0 Å². The number of rotatable bonds is 8. The highest BCUT2D eigenvalue weighted by atomic mass is 32.2. The molecule has 4 N–H and O–H groups in total. The van der Waals surface area contributed by atoms with Crippen LogP contribution in [-0.4, -0.2) is 31.6 Å². The molecule has 0 aliphatic heterocycles. The fourth-order valence-electron chi connectivity index (χ4n) is 2.14. The van der Waals surface area contributed by atoms with Gasteiger partial charge in [0, 0.05) is 17.2 Å². The number of hydrogen-bond donors (Lipinski definition) is 3. The van der Waals surface area contributed by atoms with Crippen molar-refractivity contribution in [3.63, 3.8) is 0 Å². The summed E-state index contributed by atoms with van der Waals surface area (Å²) in [5.41, 5.74) is 5.27. The van der Waals surface area contributed by atoms with Crippen molar-refractivity contribution in [2.45, 2.75) is 57.1 Å². The fourth-order valence-corrected chi connectivity index (χ4v) is 3.15. The lowest BCUT2D eigenvalue weighted by Crippen LogP contribution is -2.31. The molecule has 0 amide bonds. The molecule has 1 heterocycles. The third-order valence-electron chi connectivity index (χ3n) is 3.81. The van der Waals surface area contributed by atoms with Crippen LogP contribution in [-0.2, 0) is 0 Å². The average molecular weight is 313 g/mol. The van der Waals surface area contributed by atoms with Crippen LogP contribution in [0, 0.1) is 5.41 Å². The summed E-state index contributed by atoms with van der Waals surface area (Å²) >= 11 is 1.61. The summed E-state index contributed by atoms with van der Waals surface area (Å²) in [6.45, 7) is 3.93. The zero-order chi connectivity index (χ0) is 15.5. The van der Waals surface area contributed by atoms with Crippen LogP contribution in [0.15, 0.2) is 15.1 Å². The van der Waals surface area contributed by atoms with Gasteiger partial charge in [0.1, 0.15) is 5.84 Å². The second-order valence-electron chi connectivity index (χ2n) is 6.09. The maximum atomic E-state index is 11.6. The van der Waals surface area contributed by atoms with Gasteiger partial charge >= 0.3 is 5.69 Å². The molecular weight excluding hydrogens is 290 g/mol. The van der Waals surface area contributed by atoms with Crippen molar-refractivity contribution in [1.82, 2.24) is 14.8 Å². The number of nitrogens with two attached hydrogens (primary N) is 1. The van der Waals surface area contributed by atoms with Crippen molar-refractivity contribution in [2.75, 3.05) is 5.75 Å². The Kier molecular flexibility index (Phi) is 4.97. The SMILES string of the molecule is CC(C)(CCCCSc1n[nH]c(=O)n1C1CC1)C(N)=NO. The van der Waals surface area contributed by atoms with E-state index in [2.05, 4.69) is 15.4 Å². The van der Waals surface area contributed by atoms with Gasteiger partial charge < -0.3 is 10.9 Å². The average Bonchev–Trinajstić information content (AvgIpc) is 3.21. The van der Waals surface area contributed by atoms with Crippen LogP contribution < -0.4 is 11.4 Å². The lowest BCUT2D eigenvalue weighted by Gasteiger charge is -2.22. The minimum absolute atomic E-state index is 0.104. The van der Waals surface area contributed by atoms with Crippen LogP contribution in [0.25, 0.3) is 0 Å². The monoisotopic (exact) mass is 313 g/mol. The molecule has 0 spiro atoms.